The zero-order valence-electron chi connectivity index (χ0n) is 15.4. The maximum Gasteiger partial charge on any atom is 0.274 e. The molecule has 0 atom stereocenters. The molecule has 0 fully saturated rings. The summed E-state index contributed by atoms with van der Waals surface area (Å²) in [7, 11) is 0. The van der Waals surface area contributed by atoms with Crippen LogP contribution in [0.2, 0.25) is 0 Å². The summed E-state index contributed by atoms with van der Waals surface area (Å²) in [6.07, 6.45) is 1.52. The molecule has 1 heterocycles. The zero-order chi connectivity index (χ0) is 20.1. The van der Waals surface area contributed by atoms with Gasteiger partial charge < -0.3 is 15.4 Å². The highest BCUT2D eigenvalue weighted by Gasteiger charge is 2.10. The van der Waals surface area contributed by atoms with E-state index in [4.69, 9.17) is 4.74 Å². The van der Waals surface area contributed by atoms with Gasteiger partial charge in [0.15, 0.2) is 11.6 Å². The number of anilines is 3. The van der Waals surface area contributed by atoms with Gasteiger partial charge in [0.2, 0.25) is 0 Å². The van der Waals surface area contributed by atoms with E-state index in [0.717, 1.165) is 12.1 Å². The number of nitrogens with zero attached hydrogens (tertiary/aromatic N) is 1. The Kier molecular flexibility index (Phi) is 5.84. The quantitative estimate of drug-likeness (QED) is 0.618. The minimum atomic E-state index is -0.957. The molecular weight excluding hydrogens is 364 g/mol. The largest absolute Gasteiger partial charge is 0.491 e. The van der Waals surface area contributed by atoms with Crippen molar-refractivity contribution in [3.63, 3.8) is 0 Å². The van der Waals surface area contributed by atoms with Gasteiger partial charge in [-0.1, -0.05) is 0 Å². The molecule has 1 aromatic heterocycles. The monoisotopic (exact) mass is 383 g/mol. The van der Waals surface area contributed by atoms with E-state index in [-0.39, 0.29) is 11.8 Å². The number of rotatable bonds is 6. The van der Waals surface area contributed by atoms with Crippen LogP contribution in [0, 0.1) is 11.6 Å². The first-order valence-corrected chi connectivity index (χ1v) is 8.67. The van der Waals surface area contributed by atoms with Crippen molar-refractivity contribution in [2.75, 3.05) is 10.6 Å². The van der Waals surface area contributed by atoms with E-state index in [0.29, 0.717) is 22.8 Å². The van der Waals surface area contributed by atoms with Crippen molar-refractivity contribution >= 4 is 23.0 Å². The first-order valence-electron chi connectivity index (χ1n) is 8.67. The van der Waals surface area contributed by atoms with E-state index in [9.17, 15) is 13.6 Å². The van der Waals surface area contributed by atoms with Crippen molar-refractivity contribution in [1.29, 1.82) is 0 Å². The van der Waals surface area contributed by atoms with Gasteiger partial charge in [0, 0.05) is 29.3 Å². The summed E-state index contributed by atoms with van der Waals surface area (Å²) in [5, 5.41) is 5.67. The summed E-state index contributed by atoms with van der Waals surface area (Å²) in [4.78, 5) is 16.5. The topological polar surface area (TPSA) is 63.2 Å². The lowest BCUT2D eigenvalue weighted by molar-refractivity contribution is 0.102. The summed E-state index contributed by atoms with van der Waals surface area (Å²) in [6.45, 7) is 3.87. The van der Waals surface area contributed by atoms with E-state index in [1.54, 1.807) is 30.3 Å². The maximum atomic E-state index is 13.3. The number of hydrogen-bond donors (Lipinski definition) is 2. The van der Waals surface area contributed by atoms with E-state index in [2.05, 4.69) is 15.6 Å². The zero-order valence-corrected chi connectivity index (χ0v) is 15.4. The van der Waals surface area contributed by atoms with Crippen LogP contribution in [0.5, 0.6) is 5.75 Å². The Hall–Kier alpha value is -3.48. The summed E-state index contributed by atoms with van der Waals surface area (Å²) in [5.74, 6) is -1.57. The third-order valence-corrected chi connectivity index (χ3v) is 3.68. The first kappa shape index (κ1) is 19.3. The molecule has 0 unspecified atom stereocenters. The smallest absolute Gasteiger partial charge is 0.274 e. The minimum absolute atomic E-state index is 0.0643. The number of amides is 1. The van der Waals surface area contributed by atoms with Crippen LogP contribution < -0.4 is 15.4 Å². The van der Waals surface area contributed by atoms with Gasteiger partial charge in [0.1, 0.15) is 11.4 Å². The van der Waals surface area contributed by atoms with E-state index >= 15 is 0 Å². The van der Waals surface area contributed by atoms with Crippen molar-refractivity contribution in [2.45, 2.75) is 20.0 Å². The van der Waals surface area contributed by atoms with Crippen LogP contribution in [0.15, 0.2) is 60.8 Å². The van der Waals surface area contributed by atoms with Crippen LogP contribution in [0.1, 0.15) is 24.3 Å². The SMILES string of the molecule is CC(C)Oc1ccc(NC(=O)c2cc(Nc3ccc(F)c(F)c3)ccn2)cc1. The lowest BCUT2D eigenvalue weighted by atomic mass is 10.2. The number of hydrogen-bond acceptors (Lipinski definition) is 4. The molecule has 0 saturated carbocycles. The fourth-order valence-electron chi connectivity index (χ4n) is 2.46. The number of nitrogens with one attached hydrogen (secondary N) is 2. The molecule has 3 aromatic rings. The fraction of sp³-hybridized carbons (Fsp3) is 0.143. The molecule has 3 rings (SSSR count). The molecule has 0 spiro atoms. The predicted molar refractivity (Wildman–Crippen MR) is 104 cm³/mol. The standard InChI is InChI=1S/C21H19F2N3O2/c1-13(2)28-17-6-3-14(4-7-17)26-21(27)20-12-16(9-10-24-20)25-15-5-8-18(22)19(23)11-15/h3-13H,1-2H3,(H,24,25)(H,26,27). The Morgan fingerprint density at radius 1 is 0.929 bits per heavy atom. The van der Waals surface area contributed by atoms with E-state index in [1.165, 1.54) is 18.3 Å². The van der Waals surface area contributed by atoms with Gasteiger partial charge in [0.05, 0.1) is 6.10 Å². The number of carbonyl (C=O) groups excluding carboxylic acids is 1. The third-order valence-electron chi connectivity index (χ3n) is 3.68. The van der Waals surface area contributed by atoms with Crippen LogP contribution >= 0.6 is 0 Å². The number of halogens is 2. The van der Waals surface area contributed by atoms with Crippen LogP contribution in [-0.4, -0.2) is 17.0 Å². The summed E-state index contributed by atoms with van der Waals surface area (Å²) in [6, 6.07) is 13.6. The molecule has 0 saturated heterocycles. The Bertz CT molecular complexity index is 976. The number of ether oxygens (including phenoxy) is 1. The highest BCUT2D eigenvalue weighted by atomic mass is 19.2. The van der Waals surface area contributed by atoms with Crippen molar-refractivity contribution in [1.82, 2.24) is 4.98 Å². The molecule has 7 heteroatoms. The van der Waals surface area contributed by atoms with Gasteiger partial charge in [-0.15, -0.1) is 0 Å². The van der Waals surface area contributed by atoms with Crippen molar-refractivity contribution < 1.29 is 18.3 Å². The molecule has 144 valence electrons. The Morgan fingerprint density at radius 3 is 2.29 bits per heavy atom. The number of pyridine rings is 1. The lowest BCUT2D eigenvalue weighted by Crippen LogP contribution is -2.14. The second-order valence-corrected chi connectivity index (χ2v) is 6.33. The Morgan fingerprint density at radius 2 is 1.61 bits per heavy atom. The molecule has 0 radical (unpaired) electrons. The molecule has 2 aromatic carbocycles. The average molecular weight is 383 g/mol. The summed E-state index contributed by atoms with van der Waals surface area (Å²) in [5.41, 5.74) is 1.65. The third kappa shape index (κ3) is 5.03. The van der Waals surface area contributed by atoms with Gasteiger partial charge in [-0.3, -0.25) is 9.78 Å². The van der Waals surface area contributed by atoms with Gasteiger partial charge in [0.25, 0.3) is 5.91 Å². The summed E-state index contributed by atoms with van der Waals surface area (Å²) >= 11 is 0. The average Bonchev–Trinajstić information content (AvgIpc) is 2.66. The van der Waals surface area contributed by atoms with E-state index < -0.39 is 17.5 Å². The predicted octanol–water partition coefficient (Wildman–Crippen LogP) is 5.14. The molecule has 1 amide bonds. The van der Waals surface area contributed by atoms with Gasteiger partial charge >= 0.3 is 0 Å². The van der Waals surface area contributed by atoms with Crippen LogP contribution in [0.25, 0.3) is 0 Å². The van der Waals surface area contributed by atoms with Crippen molar-refractivity contribution in [2.24, 2.45) is 0 Å². The molecule has 2 N–H and O–H groups in total. The van der Waals surface area contributed by atoms with Gasteiger partial charge in [-0.05, 0) is 62.4 Å². The normalized spacial score (nSPS) is 10.6. The highest BCUT2D eigenvalue weighted by molar-refractivity contribution is 6.03. The second-order valence-electron chi connectivity index (χ2n) is 6.33. The highest BCUT2D eigenvalue weighted by Crippen LogP contribution is 2.20. The maximum absolute atomic E-state index is 13.3. The minimum Gasteiger partial charge on any atom is -0.491 e. The first-order chi connectivity index (χ1) is 13.4. The number of benzene rings is 2. The second kappa shape index (κ2) is 8.47. The Balaban J connectivity index is 1.68. The van der Waals surface area contributed by atoms with Crippen molar-refractivity contribution in [3.8, 4) is 5.75 Å². The molecule has 0 aliphatic carbocycles. The van der Waals surface area contributed by atoms with Crippen LogP contribution in [-0.2, 0) is 0 Å². The molecular formula is C21H19F2N3O2. The number of carbonyl (C=O) groups is 1. The Labute approximate surface area is 161 Å². The number of aromatic nitrogens is 1. The molecule has 0 bridgehead atoms. The van der Waals surface area contributed by atoms with Crippen molar-refractivity contribution in [3.05, 3.63) is 78.1 Å². The van der Waals surface area contributed by atoms with Gasteiger partial charge in [-0.25, -0.2) is 8.78 Å². The fourth-order valence-corrected chi connectivity index (χ4v) is 2.46. The molecule has 5 nitrogen and oxygen atoms in total. The summed E-state index contributed by atoms with van der Waals surface area (Å²) < 4.78 is 31.9. The molecule has 0 aliphatic heterocycles. The lowest BCUT2D eigenvalue weighted by Gasteiger charge is -2.11. The van der Waals surface area contributed by atoms with Crippen LogP contribution in [0.4, 0.5) is 25.8 Å². The molecule has 28 heavy (non-hydrogen) atoms. The van der Waals surface area contributed by atoms with E-state index in [1.807, 2.05) is 13.8 Å². The van der Waals surface area contributed by atoms with Crippen LogP contribution in [0.3, 0.4) is 0 Å². The van der Waals surface area contributed by atoms with Gasteiger partial charge in [-0.2, -0.15) is 0 Å². The molecule has 0 aliphatic rings.